The van der Waals surface area contributed by atoms with E-state index in [0.29, 0.717) is 11.4 Å². The number of fused-ring (bicyclic) bond motifs is 4. The van der Waals surface area contributed by atoms with Gasteiger partial charge in [-0.3, -0.25) is 9.55 Å². The second kappa shape index (κ2) is 14.8. The highest BCUT2D eigenvalue weighted by molar-refractivity contribution is 5.98. The average molecular weight is 820 g/mol. The molecular formula is C59H53N3O. The van der Waals surface area contributed by atoms with Crippen LogP contribution in [0.4, 0.5) is 0 Å². The Morgan fingerprint density at radius 1 is 0.492 bits per heavy atom. The molecule has 1 N–H and O–H groups in total. The van der Waals surface area contributed by atoms with Gasteiger partial charge in [-0.05, 0) is 103 Å². The molecule has 0 unspecified atom stereocenters. The van der Waals surface area contributed by atoms with Gasteiger partial charge in [-0.1, -0.05) is 177 Å². The zero-order valence-electron chi connectivity index (χ0n) is 37.5. The van der Waals surface area contributed by atoms with E-state index < -0.39 is 0 Å². The van der Waals surface area contributed by atoms with Gasteiger partial charge in [0.05, 0.1) is 28.0 Å². The molecule has 0 bridgehead atoms. The molecule has 310 valence electrons. The maximum absolute atomic E-state index is 12.5. The Morgan fingerprint density at radius 2 is 1.11 bits per heavy atom. The summed E-state index contributed by atoms with van der Waals surface area (Å²) < 4.78 is 2.26. The minimum absolute atomic E-state index is 0.131. The van der Waals surface area contributed by atoms with Gasteiger partial charge in [0.2, 0.25) is 0 Å². The fraction of sp³-hybridized carbons (Fsp3) is 0.186. The molecule has 0 saturated carbocycles. The summed E-state index contributed by atoms with van der Waals surface area (Å²) in [6.07, 6.45) is 2.09. The zero-order valence-corrected chi connectivity index (χ0v) is 37.5. The number of para-hydroxylation sites is 2. The second-order valence-electron chi connectivity index (χ2n) is 19.7. The van der Waals surface area contributed by atoms with Crippen molar-refractivity contribution in [2.45, 2.75) is 71.6 Å². The van der Waals surface area contributed by atoms with E-state index in [1.165, 1.54) is 22.3 Å². The van der Waals surface area contributed by atoms with Crippen LogP contribution < -0.4 is 0 Å². The molecule has 10 rings (SSSR count). The van der Waals surface area contributed by atoms with E-state index in [0.717, 1.165) is 72.5 Å². The first kappa shape index (κ1) is 40.1. The molecule has 0 aliphatic heterocycles. The number of rotatable bonds is 6. The van der Waals surface area contributed by atoms with Crippen LogP contribution in [0.1, 0.15) is 77.6 Å². The maximum atomic E-state index is 12.5. The van der Waals surface area contributed by atoms with Crippen molar-refractivity contribution in [3.8, 4) is 78.6 Å². The predicted octanol–water partition coefficient (Wildman–Crippen LogP) is 15.4. The van der Waals surface area contributed by atoms with Crippen LogP contribution >= 0.6 is 0 Å². The van der Waals surface area contributed by atoms with Crippen molar-refractivity contribution in [3.63, 3.8) is 0 Å². The van der Waals surface area contributed by atoms with Crippen LogP contribution in [0.5, 0.6) is 5.75 Å². The van der Waals surface area contributed by atoms with Gasteiger partial charge < -0.3 is 5.11 Å². The smallest absolute Gasteiger partial charge is 0.149 e. The summed E-state index contributed by atoms with van der Waals surface area (Å²) in [5.74, 6) is 0.947. The van der Waals surface area contributed by atoms with Gasteiger partial charge in [0.1, 0.15) is 11.6 Å². The summed E-state index contributed by atoms with van der Waals surface area (Å²) in [5, 5.41) is 12.5. The monoisotopic (exact) mass is 819 g/mol. The minimum Gasteiger partial charge on any atom is -0.507 e. The van der Waals surface area contributed by atoms with Crippen LogP contribution in [-0.4, -0.2) is 19.6 Å². The van der Waals surface area contributed by atoms with Crippen molar-refractivity contribution in [3.05, 3.63) is 192 Å². The van der Waals surface area contributed by atoms with E-state index in [1.54, 1.807) is 0 Å². The lowest BCUT2D eigenvalue weighted by Gasteiger charge is -2.27. The van der Waals surface area contributed by atoms with E-state index >= 15 is 0 Å². The number of aromatic nitrogens is 3. The summed E-state index contributed by atoms with van der Waals surface area (Å²) in [6, 6.07) is 58.3. The van der Waals surface area contributed by atoms with E-state index in [-0.39, 0.29) is 22.0 Å². The fourth-order valence-corrected chi connectivity index (χ4v) is 9.57. The number of nitrogens with zero attached hydrogens (tertiary/aromatic N) is 3. The Morgan fingerprint density at radius 3 is 1.83 bits per heavy atom. The van der Waals surface area contributed by atoms with Gasteiger partial charge >= 0.3 is 0 Å². The van der Waals surface area contributed by atoms with Gasteiger partial charge in [-0.15, -0.1) is 0 Å². The Kier molecular flexibility index (Phi) is 9.41. The molecule has 0 spiro atoms. The second-order valence-corrected chi connectivity index (χ2v) is 19.7. The van der Waals surface area contributed by atoms with E-state index in [9.17, 15) is 5.11 Å². The molecule has 4 heteroatoms. The molecular weight excluding hydrogens is 767 g/mol. The van der Waals surface area contributed by atoms with E-state index in [2.05, 4.69) is 230 Å². The SMILES string of the molecule is CC(C)(C)c1cc(-c2nc3c(-c4cc(-c5ccccc5)cc(-c5cc6c(cn5)C(C)(C)c5ccccc5-6)c4)cccc3n2-c2ccccc2-c2ccccc2)c(O)c(C(C)(C)C)c1. The number of phenols is 1. The van der Waals surface area contributed by atoms with Crippen LogP contribution in [0.2, 0.25) is 0 Å². The first-order valence-corrected chi connectivity index (χ1v) is 22.0. The van der Waals surface area contributed by atoms with Crippen molar-refractivity contribution in [1.82, 2.24) is 14.5 Å². The highest BCUT2D eigenvalue weighted by Gasteiger charge is 2.36. The highest BCUT2D eigenvalue weighted by Crippen LogP contribution is 2.50. The van der Waals surface area contributed by atoms with Crippen molar-refractivity contribution in [2.24, 2.45) is 0 Å². The molecule has 2 heterocycles. The first-order valence-electron chi connectivity index (χ1n) is 22.0. The van der Waals surface area contributed by atoms with Crippen LogP contribution in [-0.2, 0) is 16.2 Å². The summed E-state index contributed by atoms with van der Waals surface area (Å²) in [6.45, 7) is 17.8. The lowest BCUT2D eigenvalue weighted by Crippen LogP contribution is -2.17. The van der Waals surface area contributed by atoms with Crippen molar-refractivity contribution < 1.29 is 5.11 Å². The topological polar surface area (TPSA) is 50.9 Å². The molecule has 9 aromatic rings. The summed E-state index contributed by atoms with van der Waals surface area (Å²) in [7, 11) is 0. The molecule has 1 aliphatic rings. The maximum Gasteiger partial charge on any atom is 0.149 e. The van der Waals surface area contributed by atoms with Crippen LogP contribution in [0.15, 0.2) is 170 Å². The van der Waals surface area contributed by atoms with Gasteiger partial charge in [0.25, 0.3) is 0 Å². The molecule has 0 fully saturated rings. The third-order valence-electron chi connectivity index (χ3n) is 13.1. The Hall–Kier alpha value is -7.04. The lowest BCUT2D eigenvalue weighted by atomic mass is 9.79. The normalized spacial score (nSPS) is 13.3. The third kappa shape index (κ3) is 6.85. The molecule has 1 aliphatic carbocycles. The summed E-state index contributed by atoms with van der Waals surface area (Å²) in [5.41, 5.74) is 18.4. The number of hydrogen-bond donors (Lipinski definition) is 1. The van der Waals surface area contributed by atoms with Crippen molar-refractivity contribution >= 4 is 11.0 Å². The number of aromatic hydroxyl groups is 1. The molecule has 0 saturated heterocycles. The molecule has 0 radical (unpaired) electrons. The molecule has 0 amide bonds. The average Bonchev–Trinajstić information content (AvgIpc) is 3.78. The van der Waals surface area contributed by atoms with Crippen molar-refractivity contribution in [1.29, 1.82) is 0 Å². The van der Waals surface area contributed by atoms with E-state index in [1.807, 2.05) is 0 Å². The van der Waals surface area contributed by atoms with Gasteiger partial charge in [-0.2, -0.15) is 0 Å². The van der Waals surface area contributed by atoms with Crippen LogP contribution in [0, 0.1) is 0 Å². The molecule has 63 heavy (non-hydrogen) atoms. The van der Waals surface area contributed by atoms with Gasteiger partial charge in [0.15, 0.2) is 0 Å². The summed E-state index contributed by atoms with van der Waals surface area (Å²) >= 11 is 0. The number of phenolic OH excluding ortho intramolecular Hbond substituents is 1. The Labute approximate surface area is 371 Å². The first-order chi connectivity index (χ1) is 30.2. The number of imidazole rings is 1. The molecule has 0 atom stereocenters. The van der Waals surface area contributed by atoms with Gasteiger partial charge in [-0.25, -0.2) is 4.98 Å². The van der Waals surface area contributed by atoms with Gasteiger partial charge in [0, 0.05) is 33.9 Å². The Bertz CT molecular complexity index is 3210. The molecule has 2 aromatic heterocycles. The largest absolute Gasteiger partial charge is 0.507 e. The minimum atomic E-state index is -0.318. The number of hydrogen-bond acceptors (Lipinski definition) is 3. The lowest BCUT2D eigenvalue weighted by molar-refractivity contribution is 0.446. The van der Waals surface area contributed by atoms with Crippen molar-refractivity contribution in [2.75, 3.05) is 0 Å². The zero-order chi connectivity index (χ0) is 43.8. The standard InChI is InChI=1S/C59H53N3O/c1-57(2,3)42-33-47(55(63)49(34-42)58(4,5)6)56-61-54-44(26-19-29-53(54)62(56)52-28-18-16-24-43(52)38-22-13-10-14-23-38)40-30-39(37-20-11-9-12-21-37)31-41(32-40)51-35-46-45-25-15-17-27-48(45)59(7,8)50(46)36-60-51/h9-36,63H,1-8H3. The number of benzene rings is 7. The number of pyridine rings is 1. The quantitative estimate of drug-likeness (QED) is 0.182. The summed E-state index contributed by atoms with van der Waals surface area (Å²) in [4.78, 5) is 10.8. The highest BCUT2D eigenvalue weighted by atomic mass is 16.3. The third-order valence-corrected chi connectivity index (χ3v) is 13.1. The predicted molar refractivity (Wildman–Crippen MR) is 263 cm³/mol. The fourth-order valence-electron chi connectivity index (χ4n) is 9.57. The van der Waals surface area contributed by atoms with Crippen LogP contribution in [0.25, 0.3) is 83.9 Å². The van der Waals surface area contributed by atoms with E-state index in [4.69, 9.17) is 9.97 Å². The molecule has 4 nitrogen and oxygen atoms in total. The Balaban J connectivity index is 1.26. The van der Waals surface area contributed by atoms with Crippen LogP contribution in [0.3, 0.4) is 0 Å². The molecule has 7 aromatic carbocycles.